The Kier molecular flexibility index (Phi) is 3.96. The molecular formula is C12H20N4O2. The van der Waals surface area contributed by atoms with Crippen molar-refractivity contribution in [3.8, 4) is 0 Å². The maximum absolute atomic E-state index is 11.4. The number of rotatable bonds is 4. The SMILES string of the molecule is COC(C)c1c(C(N)=O)nnn1C1CCCCC1. The van der Waals surface area contributed by atoms with Gasteiger partial charge in [-0.15, -0.1) is 5.10 Å². The Balaban J connectivity index is 2.36. The Labute approximate surface area is 106 Å². The van der Waals surface area contributed by atoms with Crippen LogP contribution in [0.3, 0.4) is 0 Å². The molecule has 1 unspecified atom stereocenters. The fourth-order valence-electron chi connectivity index (χ4n) is 2.56. The molecule has 100 valence electrons. The van der Waals surface area contributed by atoms with Crippen LogP contribution < -0.4 is 5.73 Å². The minimum atomic E-state index is -0.545. The molecule has 0 radical (unpaired) electrons. The smallest absolute Gasteiger partial charge is 0.271 e. The van der Waals surface area contributed by atoms with Crippen LogP contribution in [0.1, 0.15) is 67.4 Å². The largest absolute Gasteiger partial charge is 0.375 e. The van der Waals surface area contributed by atoms with Crippen molar-refractivity contribution in [3.63, 3.8) is 0 Å². The van der Waals surface area contributed by atoms with E-state index in [0.29, 0.717) is 11.7 Å². The molecule has 0 aliphatic heterocycles. The highest BCUT2D eigenvalue weighted by atomic mass is 16.5. The van der Waals surface area contributed by atoms with Crippen molar-refractivity contribution in [2.45, 2.75) is 51.2 Å². The van der Waals surface area contributed by atoms with Crippen LogP contribution in [0.15, 0.2) is 0 Å². The zero-order chi connectivity index (χ0) is 13.1. The average molecular weight is 252 g/mol. The number of nitrogens with two attached hydrogens (primary N) is 1. The van der Waals surface area contributed by atoms with Crippen molar-refractivity contribution in [1.82, 2.24) is 15.0 Å². The summed E-state index contributed by atoms with van der Waals surface area (Å²) in [5.74, 6) is -0.545. The molecule has 6 heteroatoms. The molecule has 0 aromatic carbocycles. The lowest BCUT2D eigenvalue weighted by molar-refractivity contribution is 0.0952. The third-order valence-corrected chi connectivity index (χ3v) is 3.62. The van der Waals surface area contributed by atoms with Gasteiger partial charge in [-0.25, -0.2) is 4.68 Å². The Morgan fingerprint density at radius 1 is 1.44 bits per heavy atom. The number of carbonyl (C=O) groups excluding carboxylic acids is 1. The first kappa shape index (κ1) is 13.0. The fraction of sp³-hybridized carbons (Fsp3) is 0.750. The number of methoxy groups -OCH3 is 1. The molecule has 18 heavy (non-hydrogen) atoms. The quantitative estimate of drug-likeness (QED) is 0.882. The fourth-order valence-corrected chi connectivity index (χ4v) is 2.56. The van der Waals surface area contributed by atoms with Crippen molar-refractivity contribution in [1.29, 1.82) is 0 Å². The monoisotopic (exact) mass is 252 g/mol. The normalized spacial score (nSPS) is 18.8. The molecule has 0 spiro atoms. The van der Waals surface area contributed by atoms with Gasteiger partial charge in [-0.1, -0.05) is 24.5 Å². The molecule has 1 aliphatic rings. The lowest BCUT2D eigenvalue weighted by Crippen LogP contribution is -2.21. The second-order valence-electron chi connectivity index (χ2n) is 4.80. The molecule has 1 aliphatic carbocycles. The van der Waals surface area contributed by atoms with Crippen LogP contribution in [0, 0.1) is 0 Å². The van der Waals surface area contributed by atoms with Crippen LogP contribution in [0.25, 0.3) is 0 Å². The highest BCUT2D eigenvalue weighted by Gasteiger charge is 2.27. The molecule has 1 saturated carbocycles. The summed E-state index contributed by atoms with van der Waals surface area (Å²) < 4.78 is 7.15. The van der Waals surface area contributed by atoms with Gasteiger partial charge in [0.25, 0.3) is 5.91 Å². The van der Waals surface area contributed by atoms with Crippen molar-refractivity contribution in [2.75, 3.05) is 7.11 Å². The number of nitrogens with zero attached hydrogens (tertiary/aromatic N) is 3. The number of hydrogen-bond donors (Lipinski definition) is 1. The molecule has 0 bridgehead atoms. The highest BCUT2D eigenvalue weighted by Crippen LogP contribution is 2.31. The number of ether oxygens (including phenoxy) is 1. The lowest BCUT2D eigenvalue weighted by atomic mass is 9.95. The molecule has 1 aromatic heterocycles. The van der Waals surface area contributed by atoms with E-state index < -0.39 is 5.91 Å². The Morgan fingerprint density at radius 3 is 2.67 bits per heavy atom. The van der Waals surface area contributed by atoms with Crippen molar-refractivity contribution >= 4 is 5.91 Å². The molecule has 0 saturated heterocycles. The standard InChI is InChI=1S/C12H20N4O2/c1-8(18-2)11-10(12(13)17)14-15-16(11)9-6-4-3-5-7-9/h8-9H,3-7H2,1-2H3,(H2,13,17). The third-order valence-electron chi connectivity index (χ3n) is 3.62. The van der Waals surface area contributed by atoms with Crippen LogP contribution in [0.5, 0.6) is 0 Å². The van der Waals surface area contributed by atoms with Gasteiger partial charge < -0.3 is 10.5 Å². The minimum absolute atomic E-state index is 0.231. The summed E-state index contributed by atoms with van der Waals surface area (Å²) in [4.78, 5) is 11.4. The van der Waals surface area contributed by atoms with E-state index in [1.165, 1.54) is 19.3 Å². The summed E-state index contributed by atoms with van der Waals surface area (Å²) in [7, 11) is 1.60. The van der Waals surface area contributed by atoms with Gasteiger partial charge in [0.05, 0.1) is 12.1 Å². The van der Waals surface area contributed by atoms with Gasteiger partial charge in [0.15, 0.2) is 5.69 Å². The lowest BCUT2D eigenvalue weighted by Gasteiger charge is -2.24. The maximum atomic E-state index is 11.4. The summed E-state index contributed by atoms with van der Waals surface area (Å²) in [6, 6.07) is 0.312. The number of hydrogen-bond acceptors (Lipinski definition) is 4. The van der Waals surface area contributed by atoms with Crippen LogP contribution >= 0.6 is 0 Å². The number of amides is 1. The predicted molar refractivity (Wildman–Crippen MR) is 66.1 cm³/mol. The van der Waals surface area contributed by atoms with Gasteiger partial charge in [-0.2, -0.15) is 0 Å². The van der Waals surface area contributed by atoms with E-state index in [1.807, 2.05) is 11.6 Å². The molecule has 6 nitrogen and oxygen atoms in total. The minimum Gasteiger partial charge on any atom is -0.375 e. The van der Waals surface area contributed by atoms with E-state index in [1.54, 1.807) is 7.11 Å². The number of primary amides is 1. The Bertz CT molecular complexity index is 424. The summed E-state index contributed by atoms with van der Waals surface area (Å²) in [5.41, 5.74) is 6.28. The maximum Gasteiger partial charge on any atom is 0.271 e. The van der Waals surface area contributed by atoms with Gasteiger partial charge in [0.1, 0.15) is 5.69 Å². The average Bonchev–Trinajstić information content (AvgIpc) is 2.83. The van der Waals surface area contributed by atoms with E-state index in [4.69, 9.17) is 10.5 Å². The zero-order valence-corrected chi connectivity index (χ0v) is 10.9. The van der Waals surface area contributed by atoms with E-state index >= 15 is 0 Å². The molecule has 2 N–H and O–H groups in total. The summed E-state index contributed by atoms with van der Waals surface area (Å²) in [6.07, 6.45) is 5.57. The van der Waals surface area contributed by atoms with Gasteiger partial charge >= 0.3 is 0 Å². The second-order valence-corrected chi connectivity index (χ2v) is 4.80. The Hall–Kier alpha value is -1.43. The van der Waals surface area contributed by atoms with E-state index in [9.17, 15) is 4.79 Å². The summed E-state index contributed by atoms with van der Waals surface area (Å²) >= 11 is 0. The van der Waals surface area contributed by atoms with Gasteiger partial charge in [-0.05, 0) is 19.8 Å². The molecule has 1 atom stereocenters. The van der Waals surface area contributed by atoms with Gasteiger partial charge in [-0.3, -0.25) is 4.79 Å². The molecular weight excluding hydrogens is 232 g/mol. The van der Waals surface area contributed by atoms with E-state index in [2.05, 4.69) is 10.3 Å². The first-order valence-corrected chi connectivity index (χ1v) is 6.42. The van der Waals surface area contributed by atoms with E-state index in [-0.39, 0.29) is 11.8 Å². The molecule has 1 amide bonds. The van der Waals surface area contributed by atoms with Crippen molar-refractivity contribution in [2.24, 2.45) is 5.73 Å². The first-order valence-electron chi connectivity index (χ1n) is 6.42. The summed E-state index contributed by atoms with van der Waals surface area (Å²) in [6.45, 7) is 1.88. The van der Waals surface area contributed by atoms with Crippen LogP contribution in [0.2, 0.25) is 0 Å². The van der Waals surface area contributed by atoms with Crippen LogP contribution in [-0.2, 0) is 4.74 Å². The van der Waals surface area contributed by atoms with Gasteiger partial charge in [0.2, 0.25) is 0 Å². The topological polar surface area (TPSA) is 83.0 Å². The first-order chi connectivity index (χ1) is 8.65. The van der Waals surface area contributed by atoms with Crippen molar-refractivity contribution < 1.29 is 9.53 Å². The third kappa shape index (κ3) is 2.38. The van der Waals surface area contributed by atoms with Crippen LogP contribution in [-0.4, -0.2) is 28.0 Å². The molecule has 1 aromatic rings. The molecule has 2 rings (SSSR count). The van der Waals surface area contributed by atoms with Crippen LogP contribution in [0.4, 0.5) is 0 Å². The van der Waals surface area contributed by atoms with Gasteiger partial charge in [0, 0.05) is 7.11 Å². The zero-order valence-electron chi connectivity index (χ0n) is 10.9. The highest BCUT2D eigenvalue weighted by molar-refractivity contribution is 5.91. The molecule has 1 heterocycles. The van der Waals surface area contributed by atoms with E-state index in [0.717, 1.165) is 12.8 Å². The predicted octanol–water partition coefficient (Wildman–Crippen LogP) is 1.59. The van der Waals surface area contributed by atoms with Crippen molar-refractivity contribution in [3.05, 3.63) is 11.4 Å². The number of aromatic nitrogens is 3. The summed E-state index contributed by atoms with van der Waals surface area (Å²) in [5, 5.41) is 8.03. The molecule has 1 fully saturated rings. The Morgan fingerprint density at radius 2 is 2.11 bits per heavy atom. The number of carbonyl (C=O) groups is 1. The second kappa shape index (κ2) is 5.48.